The number of aryl methyl sites for hydroxylation is 1. The van der Waals surface area contributed by atoms with Crippen LogP contribution < -0.4 is 16.6 Å². The fourth-order valence-corrected chi connectivity index (χ4v) is 3.06. The Morgan fingerprint density at radius 1 is 1.43 bits per heavy atom. The van der Waals surface area contributed by atoms with Gasteiger partial charge in [-0.05, 0) is 43.2 Å². The van der Waals surface area contributed by atoms with E-state index in [9.17, 15) is 4.79 Å². The molecular weight excluding hydrogens is 264 g/mol. The van der Waals surface area contributed by atoms with Crippen LogP contribution in [0, 0.1) is 11.8 Å². The highest BCUT2D eigenvalue weighted by Crippen LogP contribution is 2.28. The van der Waals surface area contributed by atoms with E-state index in [4.69, 9.17) is 5.84 Å². The van der Waals surface area contributed by atoms with Crippen LogP contribution >= 0.6 is 0 Å². The second-order valence-corrected chi connectivity index (χ2v) is 6.08. The Bertz CT molecular complexity index is 467. The summed E-state index contributed by atoms with van der Waals surface area (Å²) in [5, 5.41) is 3.06. The number of anilines is 1. The summed E-state index contributed by atoms with van der Waals surface area (Å²) in [6.45, 7) is 5.07. The molecule has 1 aromatic rings. The van der Waals surface area contributed by atoms with Gasteiger partial charge in [-0.2, -0.15) is 0 Å². The first-order valence-corrected chi connectivity index (χ1v) is 7.88. The molecule has 1 aromatic heterocycles. The highest BCUT2D eigenvalue weighted by Gasteiger charge is 2.19. The Balaban J connectivity index is 1.96. The first-order chi connectivity index (χ1) is 10.1. The van der Waals surface area contributed by atoms with E-state index in [2.05, 4.69) is 22.7 Å². The molecule has 0 saturated heterocycles. The summed E-state index contributed by atoms with van der Waals surface area (Å²) >= 11 is 0. The quantitative estimate of drug-likeness (QED) is 0.575. The zero-order valence-corrected chi connectivity index (χ0v) is 13.0. The molecule has 1 fully saturated rings. The number of hydrogen-bond acceptors (Lipinski definition) is 4. The van der Waals surface area contributed by atoms with Gasteiger partial charge in [0.25, 0.3) is 5.91 Å². The monoisotopic (exact) mass is 290 g/mol. The van der Waals surface area contributed by atoms with Crippen molar-refractivity contribution in [3.05, 3.63) is 23.4 Å². The van der Waals surface area contributed by atoms with Crippen LogP contribution in [0.25, 0.3) is 0 Å². The predicted octanol–water partition coefficient (Wildman–Crippen LogP) is 2.49. The van der Waals surface area contributed by atoms with Crippen molar-refractivity contribution in [3.8, 4) is 0 Å². The molecule has 1 aliphatic carbocycles. The van der Waals surface area contributed by atoms with E-state index >= 15 is 0 Å². The summed E-state index contributed by atoms with van der Waals surface area (Å²) in [6.07, 6.45) is 5.80. The third-order valence-electron chi connectivity index (χ3n) is 4.25. The molecule has 1 amide bonds. The molecule has 1 heterocycles. The second-order valence-electron chi connectivity index (χ2n) is 6.08. The van der Waals surface area contributed by atoms with Crippen LogP contribution in [-0.2, 0) is 6.42 Å². The van der Waals surface area contributed by atoms with Gasteiger partial charge in [0, 0.05) is 17.8 Å². The summed E-state index contributed by atoms with van der Waals surface area (Å²) in [7, 11) is 0. The minimum absolute atomic E-state index is 0.0400. The Hall–Kier alpha value is -1.62. The maximum Gasteiger partial charge on any atom is 0.251 e. The zero-order chi connectivity index (χ0) is 15.2. The lowest BCUT2D eigenvalue weighted by atomic mass is 9.82. The van der Waals surface area contributed by atoms with Crippen LogP contribution in [0.1, 0.15) is 55.6 Å². The minimum Gasteiger partial charge on any atom is -0.352 e. The number of hydrazine groups is 1. The highest BCUT2D eigenvalue weighted by molar-refractivity contribution is 5.95. The molecule has 1 saturated carbocycles. The number of nitrogen functional groups attached to an aromatic ring is 1. The van der Waals surface area contributed by atoms with E-state index in [0.717, 1.165) is 24.6 Å². The lowest BCUT2D eigenvalue weighted by molar-refractivity contribution is 0.0940. The normalized spacial score (nSPS) is 21.9. The first kappa shape index (κ1) is 15.8. The molecule has 0 radical (unpaired) electrons. The van der Waals surface area contributed by atoms with Crippen molar-refractivity contribution in [2.45, 2.75) is 46.0 Å². The average molecular weight is 290 g/mol. The summed E-state index contributed by atoms with van der Waals surface area (Å²) < 4.78 is 0. The predicted molar refractivity (Wildman–Crippen MR) is 84.9 cm³/mol. The lowest BCUT2D eigenvalue weighted by Gasteiger charge is -2.26. The van der Waals surface area contributed by atoms with E-state index < -0.39 is 0 Å². The van der Waals surface area contributed by atoms with Crippen LogP contribution in [-0.4, -0.2) is 17.4 Å². The van der Waals surface area contributed by atoms with Crippen LogP contribution in [0.2, 0.25) is 0 Å². The van der Waals surface area contributed by atoms with Gasteiger partial charge in [-0.15, -0.1) is 0 Å². The Kier molecular flexibility index (Phi) is 5.56. The average Bonchev–Trinajstić information content (AvgIpc) is 2.52. The molecule has 0 spiro atoms. The number of amides is 1. The number of rotatable bonds is 5. The Labute approximate surface area is 126 Å². The molecule has 116 valence electrons. The summed E-state index contributed by atoms with van der Waals surface area (Å²) in [4.78, 5) is 16.6. The first-order valence-electron chi connectivity index (χ1n) is 7.88. The molecule has 0 bridgehead atoms. The van der Waals surface area contributed by atoms with Gasteiger partial charge in [0.05, 0.1) is 0 Å². The van der Waals surface area contributed by atoms with Crippen LogP contribution in [0.4, 0.5) is 5.82 Å². The maximum atomic E-state index is 12.3. The molecule has 2 unspecified atom stereocenters. The van der Waals surface area contributed by atoms with Gasteiger partial charge in [0.15, 0.2) is 0 Å². The fraction of sp³-hybridized carbons (Fsp3) is 0.625. The van der Waals surface area contributed by atoms with Gasteiger partial charge in [-0.3, -0.25) is 4.79 Å². The van der Waals surface area contributed by atoms with Crippen LogP contribution in [0.3, 0.4) is 0 Å². The molecule has 5 nitrogen and oxygen atoms in total. The number of nitrogens with zero attached hydrogens (tertiary/aromatic N) is 1. The van der Waals surface area contributed by atoms with Crippen molar-refractivity contribution in [1.29, 1.82) is 0 Å². The van der Waals surface area contributed by atoms with Gasteiger partial charge < -0.3 is 10.7 Å². The number of nitrogens with two attached hydrogens (primary N) is 1. The van der Waals surface area contributed by atoms with Crippen LogP contribution in [0.15, 0.2) is 12.1 Å². The second kappa shape index (κ2) is 7.41. The smallest absolute Gasteiger partial charge is 0.251 e. The number of nitrogens with one attached hydrogen (secondary N) is 2. The molecule has 21 heavy (non-hydrogen) atoms. The molecule has 0 aromatic carbocycles. The van der Waals surface area contributed by atoms with Crippen molar-refractivity contribution >= 4 is 11.7 Å². The number of pyridine rings is 1. The topological polar surface area (TPSA) is 80.0 Å². The van der Waals surface area contributed by atoms with E-state index in [0.29, 0.717) is 17.3 Å². The number of hydrogen-bond donors (Lipinski definition) is 3. The fourth-order valence-electron chi connectivity index (χ4n) is 3.06. The molecular formula is C16H26N4O. The number of aromatic nitrogens is 1. The summed E-state index contributed by atoms with van der Waals surface area (Å²) in [6, 6.07) is 3.53. The summed E-state index contributed by atoms with van der Waals surface area (Å²) in [5.74, 6) is 7.29. The SMILES string of the molecule is CCc1cc(C(=O)NCC2CCCC(C)C2)cc(NN)n1. The van der Waals surface area contributed by atoms with Crippen molar-refractivity contribution in [1.82, 2.24) is 10.3 Å². The molecule has 0 aliphatic heterocycles. The summed E-state index contributed by atoms with van der Waals surface area (Å²) in [5.41, 5.74) is 4.00. The molecule has 4 N–H and O–H groups in total. The molecule has 5 heteroatoms. The molecule has 1 aliphatic rings. The van der Waals surface area contributed by atoms with Gasteiger partial charge in [0.2, 0.25) is 0 Å². The minimum atomic E-state index is -0.0400. The van der Waals surface area contributed by atoms with Crippen molar-refractivity contribution in [2.75, 3.05) is 12.0 Å². The van der Waals surface area contributed by atoms with E-state index in [-0.39, 0.29) is 5.91 Å². The Morgan fingerprint density at radius 3 is 2.90 bits per heavy atom. The maximum absolute atomic E-state index is 12.3. The largest absolute Gasteiger partial charge is 0.352 e. The third-order valence-corrected chi connectivity index (χ3v) is 4.25. The van der Waals surface area contributed by atoms with Gasteiger partial charge in [-0.25, -0.2) is 10.8 Å². The number of carbonyl (C=O) groups excluding carboxylic acids is 1. The molecule has 2 rings (SSSR count). The van der Waals surface area contributed by atoms with Crippen molar-refractivity contribution in [3.63, 3.8) is 0 Å². The van der Waals surface area contributed by atoms with Gasteiger partial charge in [0.1, 0.15) is 5.82 Å². The van der Waals surface area contributed by atoms with E-state index in [1.54, 1.807) is 6.07 Å². The lowest BCUT2D eigenvalue weighted by Crippen LogP contribution is -2.31. The Morgan fingerprint density at radius 2 is 2.24 bits per heavy atom. The van der Waals surface area contributed by atoms with Crippen molar-refractivity contribution in [2.24, 2.45) is 17.7 Å². The van der Waals surface area contributed by atoms with Crippen LogP contribution in [0.5, 0.6) is 0 Å². The number of carbonyl (C=O) groups is 1. The zero-order valence-electron chi connectivity index (χ0n) is 13.0. The van der Waals surface area contributed by atoms with Gasteiger partial charge in [-0.1, -0.05) is 26.7 Å². The van der Waals surface area contributed by atoms with E-state index in [1.807, 2.05) is 13.0 Å². The molecule has 2 atom stereocenters. The van der Waals surface area contributed by atoms with Crippen molar-refractivity contribution < 1.29 is 4.79 Å². The standard InChI is InChI=1S/C16H26N4O/c1-3-14-8-13(9-15(19-14)20-17)16(21)18-10-12-6-4-5-11(2)7-12/h8-9,11-12H,3-7,10,17H2,1-2H3,(H,18,21)(H,19,20). The van der Waals surface area contributed by atoms with Gasteiger partial charge >= 0.3 is 0 Å². The van der Waals surface area contributed by atoms with E-state index in [1.165, 1.54) is 25.7 Å². The highest BCUT2D eigenvalue weighted by atomic mass is 16.1. The third kappa shape index (κ3) is 4.43.